The lowest BCUT2D eigenvalue weighted by Crippen LogP contribution is -2.61. The summed E-state index contributed by atoms with van der Waals surface area (Å²) in [7, 11) is 5.16. The Morgan fingerprint density at radius 1 is 1.29 bits per heavy atom. The fourth-order valence-corrected chi connectivity index (χ4v) is 2.94. The van der Waals surface area contributed by atoms with Crippen LogP contribution in [0.15, 0.2) is 12.3 Å². The molecule has 8 heteroatoms. The van der Waals surface area contributed by atoms with Crippen LogP contribution in [-0.4, -0.2) is 82.0 Å². The molecule has 0 aromatic carbocycles. The van der Waals surface area contributed by atoms with Crippen LogP contribution in [0.25, 0.3) is 0 Å². The summed E-state index contributed by atoms with van der Waals surface area (Å²) in [6.07, 6.45) is 2.67. The van der Waals surface area contributed by atoms with E-state index in [9.17, 15) is 14.4 Å². The van der Waals surface area contributed by atoms with Crippen LogP contribution in [0, 0.1) is 0 Å². The van der Waals surface area contributed by atoms with Gasteiger partial charge >= 0.3 is 0 Å². The van der Waals surface area contributed by atoms with Gasteiger partial charge in [-0.15, -0.1) is 0 Å². The van der Waals surface area contributed by atoms with Crippen LogP contribution in [0.1, 0.15) is 19.0 Å². The number of rotatable bonds is 4. The van der Waals surface area contributed by atoms with E-state index in [0.717, 1.165) is 5.69 Å². The minimum absolute atomic E-state index is 0.00374. The molecule has 0 N–H and O–H groups in total. The number of carbonyl (C=O) groups is 3. The van der Waals surface area contributed by atoms with E-state index in [0.29, 0.717) is 25.9 Å². The average Bonchev–Trinajstić information content (AvgIpc) is 2.96. The molecule has 0 spiro atoms. The number of hydrogen-bond donors (Lipinski definition) is 0. The van der Waals surface area contributed by atoms with E-state index in [1.807, 2.05) is 13.1 Å². The van der Waals surface area contributed by atoms with Crippen LogP contribution in [0.2, 0.25) is 0 Å². The molecule has 1 aromatic heterocycles. The van der Waals surface area contributed by atoms with Gasteiger partial charge in [-0.25, -0.2) is 0 Å². The zero-order chi connectivity index (χ0) is 17.9. The first-order valence-electron chi connectivity index (χ1n) is 8.04. The van der Waals surface area contributed by atoms with Gasteiger partial charge in [0.1, 0.15) is 6.04 Å². The van der Waals surface area contributed by atoms with Crippen molar-refractivity contribution < 1.29 is 14.4 Å². The molecule has 0 aliphatic carbocycles. The van der Waals surface area contributed by atoms with Gasteiger partial charge in [-0.1, -0.05) is 0 Å². The molecule has 0 radical (unpaired) electrons. The number of aromatic nitrogens is 2. The molecule has 1 aliphatic rings. The van der Waals surface area contributed by atoms with E-state index in [2.05, 4.69) is 5.10 Å². The summed E-state index contributed by atoms with van der Waals surface area (Å²) in [5, 5.41) is 4.09. The van der Waals surface area contributed by atoms with Gasteiger partial charge in [0, 0.05) is 59.5 Å². The van der Waals surface area contributed by atoms with Crippen molar-refractivity contribution in [1.29, 1.82) is 0 Å². The van der Waals surface area contributed by atoms with Crippen LogP contribution >= 0.6 is 0 Å². The zero-order valence-electron chi connectivity index (χ0n) is 14.7. The summed E-state index contributed by atoms with van der Waals surface area (Å²) in [5.41, 5.74) is 0.992. The predicted octanol–water partition coefficient (Wildman–Crippen LogP) is -0.500. The largest absolute Gasteiger partial charge is 0.347 e. The number of likely N-dealkylation sites (N-methyl/N-ethyl adjacent to an activating group) is 1. The number of nitrogens with zero attached hydrogens (tertiary/aromatic N) is 5. The Morgan fingerprint density at radius 3 is 2.54 bits per heavy atom. The van der Waals surface area contributed by atoms with Gasteiger partial charge in [0.2, 0.25) is 17.7 Å². The molecule has 24 heavy (non-hydrogen) atoms. The molecule has 3 amide bonds. The highest BCUT2D eigenvalue weighted by atomic mass is 16.2. The molecule has 2 rings (SSSR count). The van der Waals surface area contributed by atoms with E-state index in [1.54, 1.807) is 34.8 Å². The summed E-state index contributed by atoms with van der Waals surface area (Å²) in [4.78, 5) is 41.3. The van der Waals surface area contributed by atoms with Gasteiger partial charge in [0.05, 0.1) is 6.54 Å². The Morgan fingerprint density at radius 2 is 2.00 bits per heavy atom. The molecule has 0 saturated carbocycles. The monoisotopic (exact) mass is 335 g/mol. The minimum Gasteiger partial charge on any atom is -0.347 e. The number of carbonyl (C=O) groups excluding carboxylic acids is 3. The van der Waals surface area contributed by atoms with E-state index in [1.165, 1.54) is 11.8 Å². The molecule has 1 atom stereocenters. The maximum absolute atomic E-state index is 12.5. The zero-order valence-corrected chi connectivity index (χ0v) is 14.7. The third-order valence-corrected chi connectivity index (χ3v) is 4.38. The topological polar surface area (TPSA) is 78.8 Å². The third kappa shape index (κ3) is 3.93. The maximum Gasteiger partial charge on any atom is 0.246 e. The van der Waals surface area contributed by atoms with Crippen LogP contribution in [0.4, 0.5) is 0 Å². The van der Waals surface area contributed by atoms with Crippen molar-refractivity contribution in [2.75, 3.05) is 33.7 Å². The number of piperazine rings is 1. The summed E-state index contributed by atoms with van der Waals surface area (Å²) in [5.74, 6) is -0.303. The number of hydrogen-bond acceptors (Lipinski definition) is 4. The molecule has 1 aromatic rings. The highest BCUT2D eigenvalue weighted by Gasteiger charge is 2.36. The van der Waals surface area contributed by atoms with Gasteiger partial charge in [-0.05, 0) is 12.5 Å². The smallest absolute Gasteiger partial charge is 0.246 e. The highest BCUT2D eigenvalue weighted by Crippen LogP contribution is 2.14. The van der Waals surface area contributed by atoms with Gasteiger partial charge in [0.25, 0.3) is 0 Å². The molecule has 8 nitrogen and oxygen atoms in total. The second-order valence-corrected chi connectivity index (χ2v) is 6.25. The van der Waals surface area contributed by atoms with Crippen LogP contribution in [-0.2, 0) is 27.9 Å². The first kappa shape index (κ1) is 18.0. The molecule has 1 fully saturated rings. The molecule has 132 valence electrons. The summed E-state index contributed by atoms with van der Waals surface area (Å²) < 4.78 is 1.75. The van der Waals surface area contributed by atoms with Crippen molar-refractivity contribution >= 4 is 17.7 Å². The Kier molecular flexibility index (Phi) is 5.58. The van der Waals surface area contributed by atoms with Crippen molar-refractivity contribution in [3.8, 4) is 0 Å². The SMILES string of the molecule is CC(=O)N1CCN(C(=O)CCc2ccnn2C)CC1C(=O)N(C)C. The molecule has 1 unspecified atom stereocenters. The standard InChI is InChI=1S/C16H25N5O3/c1-12(22)21-10-9-20(11-14(21)16(24)18(2)3)15(23)6-5-13-7-8-17-19(13)4/h7-8,14H,5-6,9-11H2,1-4H3. The van der Waals surface area contributed by atoms with Gasteiger partial charge in [-0.2, -0.15) is 5.10 Å². The lowest BCUT2D eigenvalue weighted by atomic mass is 10.1. The van der Waals surface area contributed by atoms with E-state index < -0.39 is 6.04 Å². The Bertz CT molecular complexity index is 625. The second-order valence-electron chi connectivity index (χ2n) is 6.25. The van der Waals surface area contributed by atoms with Crippen molar-refractivity contribution in [3.05, 3.63) is 18.0 Å². The summed E-state index contributed by atoms with van der Waals surface area (Å²) in [6, 6.07) is 1.28. The summed E-state index contributed by atoms with van der Waals surface area (Å²) >= 11 is 0. The van der Waals surface area contributed by atoms with Crippen molar-refractivity contribution in [2.45, 2.75) is 25.8 Å². The van der Waals surface area contributed by atoms with Gasteiger partial charge < -0.3 is 14.7 Å². The van der Waals surface area contributed by atoms with Crippen molar-refractivity contribution in [1.82, 2.24) is 24.5 Å². The molecule has 2 heterocycles. The fourth-order valence-electron chi connectivity index (χ4n) is 2.94. The van der Waals surface area contributed by atoms with Gasteiger partial charge in [-0.3, -0.25) is 19.1 Å². The molecular formula is C16H25N5O3. The fraction of sp³-hybridized carbons (Fsp3) is 0.625. The highest BCUT2D eigenvalue weighted by molar-refractivity contribution is 5.88. The van der Waals surface area contributed by atoms with Crippen LogP contribution < -0.4 is 0 Å². The Labute approximate surface area is 142 Å². The average molecular weight is 335 g/mol. The molecular weight excluding hydrogens is 310 g/mol. The number of amides is 3. The lowest BCUT2D eigenvalue weighted by Gasteiger charge is -2.41. The predicted molar refractivity (Wildman–Crippen MR) is 88.0 cm³/mol. The Hall–Kier alpha value is -2.38. The maximum atomic E-state index is 12.5. The van der Waals surface area contributed by atoms with Crippen molar-refractivity contribution in [3.63, 3.8) is 0 Å². The Balaban J connectivity index is 2.01. The lowest BCUT2D eigenvalue weighted by molar-refractivity contribution is -0.150. The van der Waals surface area contributed by atoms with E-state index in [4.69, 9.17) is 0 Å². The molecule has 1 saturated heterocycles. The quantitative estimate of drug-likeness (QED) is 0.743. The first-order chi connectivity index (χ1) is 11.3. The minimum atomic E-state index is -0.605. The van der Waals surface area contributed by atoms with Gasteiger partial charge in [0.15, 0.2) is 0 Å². The summed E-state index contributed by atoms with van der Waals surface area (Å²) in [6.45, 7) is 2.55. The molecule has 0 bridgehead atoms. The van der Waals surface area contributed by atoms with E-state index >= 15 is 0 Å². The number of aryl methyl sites for hydroxylation is 2. The van der Waals surface area contributed by atoms with E-state index in [-0.39, 0.29) is 24.3 Å². The molecule has 1 aliphatic heterocycles. The second kappa shape index (κ2) is 7.46. The van der Waals surface area contributed by atoms with Crippen LogP contribution in [0.5, 0.6) is 0 Å². The normalized spacial score (nSPS) is 17.8. The third-order valence-electron chi connectivity index (χ3n) is 4.38. The first-order valence-corrected chi connectivity index (χ1v) is 8.04. The van der Waals surface area contributed by atoms with Crippen LogP contribution in [0.3, 0.4) is 0 Å². The van der Waals surface area contributed by atoms with Crippen molar-refractivity contribution in [2.24, 2.45) is 7.05 Å².